The molecule has 2 aromatic carbocycles. The Morgan fingerprint density at radius 2 is 1.75 bits per heavy atom. The van der Waals surface area contributed by atoms with E-state index in [1.165, 1.54) is 5.56 Å². The highest BCUT2D eigenvalue weighted by Gasteiger charge is 2.30. The Kier molecular flexibility index (Phi) is 7.35. The summed E-state index contributed by atoms with van der Waals surface area (Å²) in [4.78, 5) is 2.34. The molecule has 166 valence electrons. The Morgan fingerprint density at radius 3 is 2.47 bits per heavy atom. The van der Waals surface area contributed by atoms with Gasteiger partial charge in [-0.15, -0.1) is 5.10 Å². The van der Waals surface area contributed by atoms with Crippen molar-refractivity contribution in [2.24, 2.45) is 5.92 Å². The second-order valence-corrected chi connectivity index (χ2v) is 8.67. The van der Waals surface area contributed by atoms with Crippen molar-refractivity contribution >= 4 is 11.6 Å². The van der Waals surface area contributed by atoms with Gasteiger partial charge in [-0.05, 0) is 52.1 Å². The van der Waals surface area contributed by atoms with Crippen LogP contribution in [0.3, 0.4) is 0 Å². The van der Waals surface area contributed by atoms with Crippen LogP contribution in [0.15, 0.2) is 77.4 Å². The fourth-order valence-electron chi connectivity index (χ4n) is 4.05. The van der Waals surface area contributed by atoms with Crippen LogP contribution in [-0.2, 0) is 26.1 Å². The molecule has 2 heterocycles. The second-order valence-electron chi connectivity index (χ2n) is 8.26. The molecule has 0 N–H and O–H groups in total. The van der Waals surface area contributed by atoms with Gasteiger partial charge in [0.2, 0.25) is 0 Å². The minimum atomic E-state index is -0.0119. The van der Waals surface area contributed by atoms with Crippen LogP contribution in [0.25, 0.3) is 0 Å². The van der Waals surface area contributed by atoms with Gasteiger partial charge in [0.25, 0.3) is 0 Å². The second kappa shape index (κ2) is 10.6. The van der Waals surface area contributed by atoms with E-state index in [4.69, 9.17) is 16.0 Å². The lowest BCUT2D eigenvalue weighted by Gasteiger charge is -2.33. The largest absolute Gasteiger partial charge is 0.468 e. The molecule has 0 aliphatic heterocycles. The van der Waals surface area contributed by atoms with Crippen molar-refractivity contribution in [3.8, 4) is 0 Å². The van der Waals surface area contributed by atoms with Crippen molar-refractivity contribution in [1.29, 1.82) is 0 Å². The van der Waals surface area contributed by atoms with Gasteiger partial charge in [-0.1, -0.05) is 74.0 Å². The minimum absolute atomic E-state index is 0.0119. The molecule has 0 amide bonds. The van der Waals surface area contributed by atoms with Gasteiger partial charge in [0.1, 0.15) is 5.76 Å². The molecule has 4 aromatic rings. The van der Waals surface area contributed by atoms with E-state index in [1.807, 2.05) is 41.1 Å². The summed E-state index contributed by atoms with van der Waals surface area (Å²) in [7, 11) is 0. The first-order valence-electron chi connectivity index (χ1n) is 10.9. The van der Waals surface area contributed by atoms with Crippen molar-refractivity contribution in [1.82, 2.24) is 25.1 Å². The summed E-state index contributed by atoms with van der Waals surface area (Å²) in [6.07, 6.45) is 2.57. The molecule has 0 fully saturated rings. The number of aromatic nitrogens is 4. The summed E-state index contributed by atoms with van der Waals surface area (Å²) in [5.74, 6) is 2.02. The lowest BCUT2D eigenvalue weighted by Crippen LogP contribution is -2.34. The Labute approximate surface area is 193 Å². The van der Waals surface area contributed by atoms with Gasteiger partial charge in [-0.2, -0.15) is 0 Å². The zero-order chi connectivity index (χ0) is 22.3. The SMILES string of the molecule is CC(C)[C@H](c1nnnn1CCc1ccccc1)N(Cc1ccco1)Cc1ccccc1Cl. The van der Waals surface area contributed by atoms with E-state index in [2.05, 4.69) is 64.6 Å². The normalized spacial score (nSPS) is 12.5. The molecule has 7 heteroatoms. The monoisotopic (exact) mass is 449 g/mol. The van der Waals surface area contributed by atoms with Crippen LogP contribution in [0.1, 0.15) is 42.6 Å². The van der Waals surface area contributed by atoms with Crippen LogP contribution in [0, 0.1) is 5.92 Å². The fourth-order valence-corrected chi connectivity index (χ4v) is 4.24. The zero-order valence-corrected chi connectivity index (χ0v) is 19.2. The van der Waals surface area contributed by atoms with Gasteiger partial charge in [0.15, 0.2) is 5.82 Å². The molecule has 0 saturated heterocycles. The predicted octanol–water partition coefficient (Wildman–Crippen LogP) is 5.56. The summed E-state index contributed by atoms with van der Waals surface area (Å²) >= 11 is 6.51. The quantitative estimate of drug-likeness (QED) is 0.317. The van der Waals surface area contributed by atoms with Crippen LogP contribution >= 0.6 is 11.6 Å². The van der Waals surface area contributed by atoms with Crippen molar-refractivity contribution in [3.63, 3.8) is 0 Å². The number of halogens is 1. The number of furan rings is 1. The molecule has 0 bridgehead atoms. The molecular weight excluding hydrogens is 422 g/mol. The molecule has 1 atom stereocenters. The molecule has 0 saturated carbocycles. The smallest absolute Gasteiger partial charge is 0.168 e. The number of aryl methyl sites for hydroxylation is 2. The van der Waals surface area contributed by atoms with Crippen molar-refractivity contribution in [2.75, 3.05) is 0 Å². The Hall–Kier alpha value is -2.96. The molecule has 0 spiro atoms. The predicted molar refractivity (Wildman–Crippen MR) is 125 cm³/mol. The van der Waals surface area contributed by atoms with Crippen LogP contribution < -0.4 is 0 Å². The highest BCUT2D eigenvalue weighted by molar-refractivity contribution is 6.31. The highest BCUT2D eigenvalue weighted by atomic mass is 35.5. The van der Waals surface area contributed by atoms with Gasteiger partial charge in [0.05, 0.1) is 18.8 Å². The molecule has 4 rings (SSSR count). The third-order valence-corrected chi connectivity index (χ3v) is 5.94. The first kappa shape index (κ1) is 22.2. The number of nitrogens with zero attached hydrogens (tertiary/aromatic N) is 5. The molecule has 6 nitrogen and oxygen atoms in total. The number of benzene rings is 2. The van der Waals surface area contributed by atoms with Crippen LogP contribution in [0.2, 0.25) is 5.02 Å². The zero-order valence-electron chi connectivity index (χ0n) is 18.4. The number of rotatable bonds is 10. The van der Waals surface area contributed by atoms with Crippen LogP contribution in [0.4, 0.5) is 0 Å². The lowest BCUT2D eigenvalue weighted by atomic mass is 10.00. The third kappa shape index (κ3) is 5.44. The van der Waals surface area contributed by atoms with Crippen molar-refractivity contribution in [2.45, 2.75) is 45.9 Å². The molecule has 0 aliphatic carbocycles. The van der Waals surface area contributed by atoms with E-state index in [1.54, 1.807) is 6.26 Å². The van der Waals surface area contributed by atoms with E-state index >= 15 is 0 Å². The molecule has 2 aromatic heterocycles. The van der Waals surface area contributed by atoms with E-state index < -0.39 is 0 Å². The topological polar surface area (TPSA) is 60.0 Å². The van der Waals surface area contributed by atoms with Crippen molar-refractivity contribution < 1.29 is 4.42 Å². The van der Waals surface area contributed by atoms with E-state index in [9.17, 15) is 0 Å². The molecule has 32 heavy (non-hydrogen) atoms. The summed E-state index contributed by atoms with van der Waals surface area (Å²) in [5, 5.41) is 13.6. The van der Waals surface area contributed by atoms with Gasteiger partial charge in [-0.3, -0.25) is 4.90 Å². The maximum Gasteiger partial charge on any atom is 0.168 e. The van der Waals surface area contributed by atoms with Gasteiger partial charge in [0, 0.05) is 18.1 Å². The van der Waals surface area contributed by atoms with Gasteiger partial charge in [-0.25, -0.2) is 4.68 Å². The van der Waals surface area contributed by atoms with E-state index in [-0.39, 0.29) is 12.0 Å². The summed E-state index contributed by atoms with van der Waals surface area (Å²) < 4.78 is 7.61. The number of hydrogen-bond acceptors (Lipinski definition) is 5. The summed E-state index contributed by atoms with van der Waals surface area (Å²) in [6, 6.07) is 22.3. The van der Waals surface area contributed by atoms with Crippen molar-refractivity contribution in [3.05, 3.63) is 101 Å². The van der Waals surface area contributed by atoms with Crippen LogP contribution in [-0.4, -0.2) is 25.1 Å². The Balaban J connectivity index is 1.63. The minimum Gasteiger partial charge on any atom is -0.468 e. The molecule has 0 aliphatic rings. The molecule has 0 radical (unpaired) electrons. The standard InChI is InChI=1S/C25H28ClN5O/c1-19(2)24(25-27-28-29-31(25)15-14-20-9-4-3-5-10-20)30(18-22-12-8-16-32-22)17-21-11-6-7-13-23(21)26/h3-13,16,19,24H,14-15,17-18H2,1-2H3/t24-/m1/s1. The van der Waals surface area contributed by atoms with Crippen LogP contribution in [0.5, 0.6) is 0 Å². The maximum atomic E-state index is 6.51. The Morgan fingerprint density at radius 1 is 0.969 bits per heavy atom. The van der Waals surface area contributed by atoms with E-state index in [0.717, 1.165) is 35.1 Å². The third-order valence-electron chi connectivity index (χ3n) is 5.57. The van der Waals surface area contributed by atoms with E-state index in [0.29, 0.717) is 13.1 Å². The fraction of sp³-hybridized carbons (Fsp3) is 0.320. The van der Waals surface area contributed by atoms with Gasteiger partial charge >= 0.3 is 0 Å². The molecule has 0 unspecified atom stereocenters. The Bertz CT molecular complexity index is 1090. The molecular formula is C25H28ClN5O. The highest BCUT2D eigenvalue weighted by Crippen LogP contribution is 2.31. The van der Waals surface area contributed by atoms with Gasteiger partial charge < -0.3 is 4.42 Å². The average Bonchev–Trinajstić information content (AvgIpc) is 3.47. The first-order chi connectivity index (χ1) is 15.6. The summed E-state index contributed by atoms with van der Waals surface area (Å²) in [5.41, 5.74) is 2.33. The maximum absolute atomic E-state index is 6.51. The average molecular weight is 450 g/mol. The number of hydrogen-bond donors (Lipinski definition) is 0. The first-order valence-corrected chi connectivity index (χ1v) is 11.3. The summed E-state index contributed by atoms with van der Waals surface area (Å²) in [6.45, 7) is 6.41. The number of tetrazole rings is 1. The lowest BCUT2D eigenvalue weighted by molar-refractivity contribution is 0.116.